The monoisotopic (exact) mass is 381 g/mol. The van der Waals surface area contributed by atoms with Gasteiger partial charge in [0, 0.05) is 24.2 Å². The van der Waals surface area contributed by atoms with E-state index in [1.165, 1.54) is 0 Å². The number of esters is 1. The number of anilines is 1. The van der Waals surface area contributed by atoms with Gasteiger partial charge in [-0.1, -0.05) is 24.3 Å². The first-order valence-corrected chi connectivity index (χ1v) is 9.10. The van der Waals surface area contributed by atoms with Crippen molar-refractivity contribution in [3.05, 3.63) is 54.1 Å². The van der Waals surface area contributed by atoms with Crippen molar-refractivity contribution in [3.63, 3.8) is 0 Å². The van der Waals surface area contributed by atoms with Crippen LogP contribution in [0.5, 0.6) is 11.5 Å². The second kappa shape index (κ2) is 7.72. The SMILES string of the molecule is O=C(COC(=O)[C@@H]1COc2ccccc2O1)c1cccc(N2CCCC2=O)c1. The molecule has 0 bridgehead atoms. The molecule has 0 unspecified atom stereocenters. The number of ether oxygens (including phenoxy) is 3. The Labute approximate surface area is 161 Å². The molecule has 7 nitrogen and oxygen atoms in total. The van der Waals surface area contributed by atoms with Crippen molar-refractivity contribution >= 4 is 23.3 Å². The second-order valence-corrected chi connectivity index (χ2v) is 6.59. The van der Waals surface area contributed by atoms with E-state index < -0.39 is 18.7 Å². The van der Waals surface area contributed by atoms with Crippen LogP contribution in [0.3, 0.4) is 0 Å². The second-order valence-electron chi connectivity index (χ2n) is 6.59. The first-order valence-electron chi connectivity index (χ1n) is 9.10. The highest BCUT2D eigenvalue weighted by atomic mass is 16.6. The largest absolute Gasteiger partial charge is 0.485 e. The fourth-order valence-corrected chi connectivity index (χ4v) is 3.22. The number of fused-ring (bicyclic) bond motifs is 1. The molecule has 0 spiro atoms. The molecule has 0 N–H and O–H groups in total. The zero-order chi connectivity index (χ0) is 19.5. The molecule has 1 atom stereocenters. The van der Waals surface area contributed by atoms with Crippen LogP contribution in [-0.2, 0) is 14.3 Å². The number of nitrogens with zero attached hydrogens (tertiary/aromatic N) is 1. The fourth-order valence-electron chi connectivity index (χ4n) is 3.22. The van der Waals surface area contributed by atoms with Gasteiger partial charge in [-0.2, -0.15) is 0 Å². The summed E-state index contributed by atoms with van der Waals surface area (Å²) in [4.78, 5) is 38.2. The Morgan fingerprint density at radius 3 is 2.71 bits per heavy atom. The van der Waals surface area contributed by atoms with E-state index in [9.17, 15) is 14.4 Å². The van der Waals surface area contributed by atoms with Crippen LogP contribution in [0.4, 0.5) is 5.69 Å². The number of benzene rings is 2. The van der Waals surface area contributed by atoms with Crippen LogP contribution < -0.4 is 14.4 Å². The minimum atomic E-state index is -0.920. The molecule has 2 aromatic rings. The van der Waals surface area contributed by atoms with Gasteiger partial charge in [0.05, 0.1) is 0 Å². The van der Waals surface area contributed by atoms with Crippen molar-refractivity contribution < 1.29 is 28.6 Å². The van der Waals surface area contributed by atoms with E-state index in [1.54, 1.807) is 47.4 Å². The molecule has 28 heavy (non-hydrogen) atoms. The van der Waals surface area contributed by atoms with E-state index in [1.807, 2.05) is 6.07 Å². The van der Waals surface area contributed by atoms with E-state index in [0.717, 1.165) is 6.42 Å². The summed E-state index contributed by atoms with van der Waals surface area (Å²) in [5.74, 6) is 0.0689. The molecular weight excluding hydrogens is 362 g/mol. The smallest absolute Gasteiger partial charge is 0.351 e. The number of rotatable bonds is 5. The van der Waals surface area contributed by atoms with Gasteiger partial charge in [-0.15, -0.1) is 0 Å². The topological polar surface area (TPSA) is 82.1 Å². The number of para-hydroxylation sites is 2. The van der Waals surface area contributed by atoms with Crippen LogP contribution >= 0.6 is 0 Å². The van der Waals surface area contributed by atoms with E-state index in [-0.39, 0.29) is 18.3 Å². The van der Waals surface area contributed by atoms with Crippen LogP contribution in [-0.4, -0.2) is 43.5 Å². The highest BCUT2D eigenvalue weighted by molar-refractivity contribution is 6.01. The van der Waals surface area contributed by atoms with Gasteiger partial charge in [0.1, 0.15) is 6.61 Å². The van der Waals surface area contributed by atoms with Gasteiger partial charge in [-0.3, -0.25) is 9.59 Å². The molecule has 2 heterocycles. The molecule has 144 valence electrons. The van der Waals surface area contributed by atoms with Crippen molar-refractivity contribution in [2.45, 2.75) is 18.9 Å². The minimum Gasteiger partial charge on any atom is -0.485 e. The van der Waals surface area contributed by atoms with E-state index in [0.29, 0.717) is 35.7 Å². The third-order valence-corrected chi connectivity index (χ3v) is 4.67. The Morgan fingerprint density at radius 1 is 1.11 bits per heavy atom. The maximum Gasteiger partial charge on any atom is 0.351 e. The summed E-state index contributed by atoms with van der Waals surface area (Å²) in [7, 11) is 0. The number of carbonyl (C=O) groups is 3. The number of hydrogen-bond donors (Lipinski definition) is 0. The Morgan fingerprint density at radius 2 is 1.93 bits per heavy atom. The highest BCUT2D eigenvalue weighted by Gasteiger charge is 2.29. The maximum atomic E-state index is 12.4. The predicted octanol–water partition coefficient (Wildman–Crippen LogP) is 2.38. The number of amides is 1. The zero-order valence-electron chi connectivity index (χ0n) is 15.1. The first kappa shape index (κ1) is 18.0. The van der Waals surface area contributed by atoms with Crippen molar-refractivity contribution in [2.24, 2.45) is 0 Å². The van der Waals surface area contributed by atoms with Crippen LogP contribution in [0.25, 0.3) is 0 Å². The molecular formula is C21H19NO6. The van der Waals surface area contributed by atoms with Gasteiger partial charge in [-0.05, 0) is 30.7 Å². The maximum absolute atomic E-state index is 12.4. The summed E-state index contributed by atoms with van der Waals surface area (Å²) >= 11 is 0. The minimum absolute atomic E-state index is 0.0244. The normalized spacial score (nSPS) is 18.1. The third-order valence-electron chi connectivity index (χ3n) is 4.67. The van der Waals surface area contributed by atoms with Crippen LogP contribution in [0.15, 0.2) is 48.5 Å². The summed E-state index contributed by atoms with van der Waals surface area (Å²) in [5.41, 5.74) is 1.07. The van der Waals surface area contributed by atoms with E-state index in [4.69, 9.17) is 14.2 Å². The summed E-state index contributed by atoms with van der Waals surface area (Å²) in [6, 6.07) is 13.8. The molecule has 4 rings (SSSR count). The number of carbonyl (C=O) groups excluding carboxylic acids is 3. The summed E-state index contributed by atoms with van der Waals surface area (Å²) in [5, 5.41) is 0. The first-order chi connectivity index (χ1) is 13.6. The molecule has 2 aliphatic heterocycles. The van der Waals surface area contributed by atoms with Crippen LogP contribution in [0.1, 0.15) is 23.2 Å². The van der Waals surface area contributed by atoms with Crippen molar-refractivity contribution in [2.75, 3.05) is 24.7 Å². The van der Waals surface area contributed by atoms with Crippen LogP contribution in [0.2, 0.25) is 0 Å². The fraction of sp³-hybridized carbons (Fsp3) is 0.286. The van der Waals surface area contributed by atoms with E-state index >= 15 is 0 Å². The quantitative estimate of drug-likeness (QED) is 0.584. The Balaban J connectivity index is 1.36. The highest BCUT2D eigenvalue weighted by Crippen LogP contribution is 2.31. The molecule has 2 aliphatic rings. The van der Waals surface area contributed by atoms with Gasteiger partial charge < -0.3 is 19.1 Å². The lowest BCUT2D eigenvalue weighted by Gasteiger charge is -2.24. The summed E-state index contributed by atoms with van der Waals surface area (Å²) in [6.45, 7) is 0.264. The molecule has 7 heteroatoms. The predicted molar refractivity (Wildman–Crippen MR) is 99.7 cm³/mol. The van der Waals surface area contributed by atoms with Crippen LogP contribution in [0, 0.1) is 0 Å². The number of Topliss-reactive ketones (excluding diaryl/α,β-unsaturated/α-hetero) is 1. The number of ketones is 1. The lowest BCUT2D eigenvalue weighted by Crippen LogP contribution is -2.38. The van der Waals surface area contributed by atoms with Gasteiger partial charge in [0.2, 0.25) is 12.0 Å². The standard InChI is InChI=1S/C21H19NO6/c23-16(14-5-3-6-15(11-14)22-10-4-9-20(22)24)12-27-21(25)19-13-26-17-7-1-2-8-18(17)28-19/h1-3,5-8,11,19H,4,9-10,12-13H2/t19-/m0/s1. The average molecular weight is 381 g/mol. The lowest BCUT2D eigenvalue weighted by atomic mass is 10.1. The summed E-state index contributed by atoms with van der Waals surface area (Å²) in [6.07, 6.45) is 0.403. The Kier molecular flexibility index (Phi) is 4.97. The average Bonchev–Trinajstić information content (AvgIpc) is 3.17. The molecule has 1 amide bonds. The molecule has 0 aromatic heterocycles. The lowest BCUT2D eigenvalue weighted by molar-refractivity contribution is -0.153. The van der Waals surface area contributed by atoms with Gasteiger partial charge in [-0.25, -0.2) is 4.79 Å². The zero-order valence-corrected chi connectivity index (χ0v) is 15.1. The van der Waals surface area contributed by atoms with Crippen molar-refractivity contribution in [1.82, 2.24) is 0 Å². The van der Waals surface area contributed by atoms with Gasteiger partial charge >= 0.3 is 5.97 Å². The molecule has 0 radical (unpaired) electrons. The van der Waals surface area contributed by atoms with Gasteiger partial charge in [0.15, 0.2) is 23.9 Å². The molecule has 0 aliphatic carbocycles. The van der Waals surface area contributed by atoms with Gasteiger partial charge in [0.25, 0.3) is 0 Å². The summed E-state index contributed by atoms with van der Waals surface area (Å²) < 4.78 is 16.2. The van der Waals surface area contributed by atoms with Crippen molar-refractivity contribution in [3.8, 4) is 11.5 Å². The molecule has 2 aromatic carbocycles. The molecule has 0 saturated carbocycles. The van der Waals surface area contributed by atoms with E-state index in [2.05, 4.69) is 0 Å². The Hall–Kier alpha value is -3.35. The van der Waals surface area contributed by atoms with Crippen molar-refractivity contribution in [1.29, 1.82) is 0 Å². The third kappa shape index (κ3) is 3.69. The molecule has 1 saturated heterocycles. The Bertz CT molecular complexity index is 925. The molecule has 1 fully saturated rings. The number of hydrogen-bond acceptors (Lipinski definition) is 6.